The van der Waals surface area contributed by atoms with E-state index in [9.17, 15) is 0 Å². The molecule has 2 rings (SSSR count). The number of aromatic nitrogens is 3. The Balaban J connectivity index is 2.36. The highest BCUT2D eigenvalue weighted by Gasteiger charge is 2.21. The Bertz CT molecular complexity index is 465. The average Bonchev–Trinajstić information content (AvgIpc) is 2.69. The van der Waals surface area contributed by atoms with Gasteiger partial charge in [0, 0.05) is 11.5 Å². The molecule has 80 valence electrons. The van der Waals surface area contributed by atoms with Gasteiger partial charge < -0.3 is 9.05 Å². The summed E-state index contributed by atoms with van der Waals surface area (Å²) in [5, 5.41) is 7.66. The van der Waals surface area contributed by atoms with Crippen molar-refractivity contribution in [3.05, 3.63) is 17.6 Å². The summed E-state index contributed by atoms with van der Waals surface area (Å²) in [6, 6.07) is 1.83. The fourth-order valence-corrected chi connectivity index (χ4v) is 1.13. The van der Waals surface area contributed by atoms with E-state index in [0.29, 0.717) is 17.5 Å². The number of rotatable bonds is 1. The molecule has 0 amide bonds. The van der Waals surface area contributed by atoms with Crippen LogP contribution in [0.3, 0.4) is 0 Å². The maximum atomic E-state index is 5.14. The van der Waals surface area contributed by atoms with Gasteiger partial charge in [0.25, 0.3) is 5.89 Å². The minimum Gasteiger partial charge on any atom is -0.351 e. The van der Waals surface area contributed by atoms with Gasteiger partial charge in [0.15, 0.2) is 5.82 Å². The molecule has 2 aromatic rings. The van der Waals surface area contributed by atoms with Crippen LogP contribution in [0.4, 0.5) is 0 Å². The maximum Gasteiger partial charge on any atom is 0.296 e. The number of nitrogens with zero attached hydrogens (tertiary/aromatic N) is 3. The summed E-state index contributed by atoms with van der Waals surface area (Å²) in [7, 11) is 0. The van der Waals surface area contributed by atoms with Crippen molar-refractivity contribution in [2.75, 3.05) is 0 Å². The number of hydrogen-bond donors (Lipinski definition) is 0. The lowest BCUT2D eigenvalue weighted by Crippen LogP contribution is -2.10. The molecule has 0 atom stereocenters. The molecule has 0 unspecified atom stereocenters. The van der Waals surface area contributed by atoms with Gasteiger partial charge in [-0.05, 0) is 6.92 Å². The predicted octanol–water partition coefficient (Wildman–Crippen LogP) is 2.33. The van der Waals surface area contributed by atoms with Crippen LogP contribution in [0.5, 0.6) is 0 Å². The molecule has 2 aromatic heterocycles. The molecule has 0 aliphatic heterocycles. The summed E-state index contributed by atoms with van der Waals surface area (Å²) in [6.45, 7) is 7.95. The van der Waals surface area contributed by atoms with Crippen molar-refractivity contribution in [2.45, 2.75) is 33.1 Å². The molecule has 0 aliphatic rings. The maximum absolute atomic E-state index is 5.14. The smallest absolute Gasteiger partial charge is 0.296 e. The fraction of sp³-hybridized carbons (Fsp3) is 0.500. The molecule has 0 saturated heterocycles. The van der Waals surface area contributed by atoms with E-state index in [4.69, 9.17) is 9.05 Å². The lowest BCUT2D eigenvalue weighted by atomic mass is 9.92. The zero-order valence-corrected chi connectivity index (χ0v) is 9.24. The van der Waals surface area contributed by atoms with Crippen LogP contribution >= 0.6 is 0 Å². The lowest BCUT2D eigenvalue weighted by molar-refractivity contribution is 0.372. The highest BCUT2D eigenvalue weighted by molar-refractivity contribution is 5.44. The molecule has 0 fully saturated rings. The molecule has 0 bridgehead atoms. The minimum absolute atomic E-state index is 0.0448. The number of aryl methyl sites for hydroxylation is 1. The molecular weight excluding hydrogens is 194 g/mol. The average molecular weight is 207 g/mol. The van der Waals surface area contributed by atoms with E-state index in [1.807, 2.05) is 6.07 Å². The second kappa shape index (κ2) is 3.18. The van der Waals surface area contributed by atoms with Crippen LogP contribution in [0.15, 0.2) is 15.1 Å². The minimum atomic E-state index is -0.0448. The summed E-state index contributed by atoms with van der Waals surface area (Å²) in [5.41, 5.74) is 0.824. The van der Waals surface area contributed by atoms with E-state index in [-0.39, 0.29) is 5.41 Å². The molecule has 5 heteroatoms. The summed E-state index contributed by atoms with van der Waals surface area (Å²) >= 11 is 0. The van der Waals surface area contributed by atoms with Crippen molar-refractivity contribution in [1.82, 2.24) is 15.3 Å². The first-order chi connectivity index (χ1) is 6.97. The second-order valence-corrected chi connectivity index (χ2v) is 4.47. The monoisotopic (exact) mass is 207 g/mol. The van der Waals surface area contributed by atoms with E-state index in [1.165, 1.54) is 0 Å². The van der Waals surface area contributed by atoms with Crippen LogP contribution in [0.1, 0.15) is 32.3 Å². The highest BCUT2D eigenvalue weighted by atomic mass is 16.5. The van der Waals surface area contributed by atoms with Crippen molar-refractivity contribution in [2.24, 2.45) is 0 Å². The van der Waals surface area contributed by atoms with E-state index in [0.717, 1.165) is 5.69 Å². The molecule has 2 heterocycles. The molecule has 0 N–H and O–H groups in total. The quantitative estimate of drug-likeness (QED) is 0.718. The topological polar surface area (TPSA) is 65.0 Å². The Hall–Kier alpha value is -1.65. The van der Waals surface area contributed by atoms with Crippen LogP contribution in [0.25, 0.3) is 11.7 Å². The Morgan fingerprint density at radius 2 is 1.87 bits per heavy atom. The summed E-state index contributed by atoms with van der Waals surface area (Å²) in [5.74, 6) is 1.47. The first kappa shape index (κ1) is 9.89. The molecule has 0 radical (unpaired) electrons. The van der Waals surface area contributed by atoms with Crippen molar-refractivity contribution in [3.8, 4) is 11.7 Å². The second-order valence-electron chi connectivity index (χ2n) is 4.47. The van der Waals surface area contributed by atoms with Gasteiger partial charge in [0.2, 0.25) is 5.76 Å². The van der Waals surface area contributed by atoms with Crippen LogP contribution < -0.4 is 0 Å². The molecule has 0 aliphatic carbocycles. The van der Waals surface area contributed by atoms with Gasteiger partial charge in [0.05, 0.1) is 5.69 Å². The molecule has 0 spiro atoms. The largest absolute Gasteiger partial charge is 0.351 e. The zero-order chi connectivity index (χ0) is 11.1. The van der Waals surface area contributed by atoms with E-state index < -0.39 is 0 Å². The van der Waals surface area contributed by atoms with Crippen molar-refractivity contribution < 1.29 is 9.05 Å². The summed E-state index contributed by atoms with van der Waals surface area (Å²) in [6.07, 6.45) is 0. The molecule has 5 nitrogen and oxygen atoms in total. The van der Waals surface area contributed by atoms with Gasteiger partial charge in [-0.25, -0.2) is 0 Å². The SMILES string of the molecule is Cc1noc(-c2cc(C(C)(C)C)no2)n1. The third kappa shape index (κ3) is 1.91. The summed E-state index contributed by atoms with van der Waals surface area (Å²) < 4.78 is 10.1. The third-order valence-corrected chi connectivity index (χ3v) is 2.02. The molecule has 15 heavy (non-hydrogen) atoms. The van der Waals surface area contributed by atoms with E-state index in [1.54, 1.807) is 6.92 Å². The Morgan fingerprint density at radius 3 is 2.33 bits per heavy atom. The fourth-order valence-electron chi connectivity index (χ4n) is 1.13. The van der Waals surface area contributed by atoms with Crippen LogP contribution in [0.2, 0.25) is 0 Å². The normalized spacial score (nSPS) is 12.0. The van der Waals surface area contributed by atoms with E-state index >= 15 is 0 Å². The first-order valence-corrected chi connectivity index (χ1v) is 4.75. The molecule has 0 aromatic carbocycles. The van der Waals surface area contributed by atoms with Crippen LogP contribution in [-0.2, 0) is 5.41 Å². The third-order valence-electron chi connectivity index (χ3n) is 2.02. The standard InChI is InChI=1S/C10H13N3O2/c1-6-11-9(15-12-6)7-5-8(13-14-7)10(2,3)4/h5H,1-4H3. The van der Waals surface area contributed by atoms with Crippen molar-refractivity contribution in [3.63, 3.8) is 0 Å². The highest BCUT2D eigenvalue weighted by Crippen LogP contribution is 2.25. The van der Waals surface area contributed by atoms with Gasteiger partial charge in [-0.3, -0.25) is 0 Å². The van der Waals surface area contributed by atoms with Gasteiger partial charge in [0.1, 0.15) is 0 Å². The predicted molar refractivity (Wildman–Crippen MR) is 53.2 cm³/mol. The van der Waals surface area contributed by atoms with Crippen LogP contribution in [-0.4, -0.2) is 15.3 Å². The van der Waals surface area contributed by atoms with Gasteiger partial charge in [-0.15, -0.1) is 0 Å². The first-order valence-electron chi connectivity index (χ1n) is 4.75. The molecular formula is C10H13N3O2. The van der Waals surface area contributed by atoms with Crippen LogP contribution in [0, 0.1) is 6.92 Å². The van der Waals surface area contributed by atoms with Crippen molar-refractivity contribution >= 4 is 0 Å². The lowest BCUT2D eigenvalue weighted by Gasteiger charge is -2.12. The summed E-state index contributed by atoms with van der Waals surface area (Å²) in [4.78, 5) is 4.06. The van der Waals surface area contributed by atoms with Gasteiger partial charge in [-0.2, -0.15) is 4.98 Å². The zero-order valence-electron chi connectivity index (χ0n) is 9.24. The Kier molecular flexibility index (Phi) is 2.10. The van der Waals surface area contributed by atoms with Gasteiger partial charge in [-0.1, -0.05) is 31.1 Å². The van der Waals surface area contributed by atoms with Crippen molar-refractivity contribution in [1.29, 1.82) is 0 Å². The number of hydrogen-bond acceptors (Lipinski definition) is 5. The molecule has 0 saturated carbocycles. The Morgan fingerprint density at radius 1 is 1.13 bits per heavy atom. The van der Waals surface area contributed by atoms with E-state index in [2.05, 4.69) is 36.1 Å². The van der Waals surface area contributed by atoms with Gasteiger partial charge >= 0.3 is 0 Å². The Labute approximate surface area is 87.5 Å².